The Hall–Kier alpha value is -2.56. The molecule has 2 N–H and O–H groups in total. The van der Waals surface area contributed by atoms with Gasteiger partial charge >= 0.3 is 7.60 Å². The number of nitrogens with two attached hydrogens (primary N) is 1. The Morgan fingerprint density at radius 1 is 1.19 bits per heavy atom. The molecule has 11 nitrogen and oxygen atoms in total. The Kier molecular flexibility index (Phi) is 6.79. The molecule has 0 radical (unpaired) electrons. The molecule has 0 unspecified atom stereocenters. The molecule has 0 saturated carbocycles. The second-order valence-electron chi connectivity index (χ2n) is 6.89. The van der Waals surface area contributed by atoms with E-state index in [-0.39, 0.29) is 32.3 Å². The molecule has 3 aromatic rings. The number of aromatic nitrogens is 4. The van der Waals surface area contributed by atoms with Gasteiger partial charge in [-0.2, -0.15) is 0 Å². The number of nitrogen functional groups attached to an aromatic ring is 1. The molecule has 4 rings (SSSR count). The van der Waals surface area contributed by atoms with Crippen molar-refractivity contribution in [3.63, 3.8) is 0 Å². The third kappa shape index (κ3) is 5.38. The SMILES string of the molecule is COc1ccc(COC2COP(=O)(COCCn3cnc4c(N)ncnc43)OC2)cc1. The van der Waals surface area contributed by atoms with E-state index in [2.05, 4.69) is 15.0 Å². The maximum Gasteiger partial charge on any atom is 0.356 e. The van der Waals surface area contributed by atoms with Crippen LogP contribution in [0.2, 0.25) is 0 Å². The van der Waals surface area contributed by atoms with E-state index < -0.39 is 7.60 Å². The Labute approximate surface area is 179 Å². The summed E-state index contributed by atoms with van der Waals surface area (Å²) in [5.41, 5.74) is 7.92. The van der Waals surface area contributed by atoms with E-state index in [0.717, 1.165) is 11.3 Å². The zero-order chi connectivity index (χ0) is 21.7. The summed E-state index contributed by atoms with van der Waals surface area (Å²) in [4.78, 5) is 12.3. The summed E-state index contributed by atoms with van der Waals surface area (Å²) in [5, 5.41) is 0. The molecule has 31 heavy (non-hydrogen) atoms. The number of ether oxygens (including phenoxy) is 3. The van der Waals surface area contributed by atoms with Crippen LogP contribution in [-0.2, 0) is 36.2 Å². The van der Waals surface area contributed by atoms with Crippen LogP contribution in [0.1, 0.15) is 5.56 Å². The summed E-state index contributed by atoms with van der Waals surface area (Å²) in [6.45, 7) is 1.50. The van der Waals surface area contributed by atoms with Gasteiger partial charge in [0, 0.05) is 6.54 Å². The maximum atomic E-state index is 12.6. The van der Waals surface area contributed by atoms with E-state index >= 15 is 0 Å². The molecule has 12 heteroatoms. The van der Waals surface area contributed by atoms with Crippen molar-refractivity contribution in [2.45, 2.75) is 19.3 Å². The van der Waals surface area contributed by atoms with Crippen molar-refractivity contribution in [1.82, 2.24) is 19.5 Å². The number of methoxy groups -OCH3 is 1. The van der Waals surface area contributed by atoms with E-state index in [4.69, 9.17) is 29.0 Å². The van der Waals surface area contributed by atoms with Gasteiger partial charge in [-0.25, -0.2) is 15.0 Å². The number of anilines is 1. The molecular formula is C19H24N5O6P. The maximum absolute atomic E-state index is 12.6. The van der Waals surface area contributed by atoms with Crippen molar-refractivity contribution in [3.8, 4) is 5.75 Å². The highest BCUT2D eigenvalue weighted by molar-refractivity contribution is 7.53. The molecule has 0 bridgehead atoms. The van der Waals surface area contributed by atoms with E-state index in [9.17, 15) is 4.57 Å². The summed E-state index contributed by atoms with van der Waals surface area (Å²) in [6, 6.07) is 7.58. The Morgan fingerprint density at radius 2 is 1.97 bits per heavy atom. The molecule has 1 fully saturated rings. The number of hydrogen-bond acceptors (Lipinski definition) is 10. The van der Waals surface area contributed by atoms with Gasteiger partial charge in [-0.3, -0.25) is 4.57 Å². The van der Waals surface area contributed by atoms with Crippen molar-refractivity contribution < 1.29 is 27.8 Å². The lowest BCUT2D eigenvalue weighted by atomic mass is 10.2. The normalized spacial score (nSPS) is 21.4. The number of imidazole rings is 1. The molecule has 1 aliphatic heterocycles. The van der Waals surface area contributed by atoms with Gasteiger partial charge in [-0.1, -0.05) is 12.1 Å². The monoisotopic (exact) mass is 449 g/mol. The second kappa shape index (κ2) is 9.71. The van der Waals surface area contributed by atoms with E-state index in [1.807, 2.05) is 24.3 Å². The molecule has 1 saturated heterocycles. The minimum Gasteiger partial charge on any atom is -0.497 e. The third-order valence-corrected chi connectivity index (χ3v) is 6.30. The fraction of sp³-hybridized carbons (Fsp3) is 0.421. The second-order valence-corrected chi connectivity index (χ2v) is 8.89. The Balaban J connectivity index is 1.18. The summed E-state index contributed by atoms with van der Waals surface area (Å²) >= 11 is 0. The average Bonchev–Trinajstić information content (AvgIpc) is 3.21. The largest absolute Gasteiger partial charge is 0.497 e. The van der Waals surface area contributed by atoms with Gasteiger partial charge in [0.1, 0.15) is 30.0 Å². The minimum atomic E-state index is -3.31. The van der Waals surface area contributed by atoms with Gasteiger partial charge in [0.25, 0.3) is 0 Å². The summed E-state index contributed by atoms with van der Waals surface area (Å²) in [6.07, 6.45) is 2.55. The lowest BCUT2D eigenvalue weighted by molar-refractivity contribution is -0.0493. The number of hydrogen-bond donors (Lipinski definition) is 1. The van der Waals surface area contributed by atoms with Gasteiger partial charge in [0.2, 0.25) is 0 Å². The molecular weight excluding hydrogens is 425 g/mol. The van der Waals surface area contributed by atoms with Gasteiger partial charge in [-0.15, -0.1) is 0 Å². The summed E-state index contributed by atoms with van der Waals surface area (Å²) in [7, 11) is -1.69. The topological polar surface area (TPSA) is 133 Å². The molecule has 2 aromatic heterocycles. The minimum absolute atomic E-state index is 0.137. The highest BCUT2D eigenvalue weighted by Gasteiger charge is 2.33. The van der Waals surface area contributed by atoms with Crippen LogP contribution in [0, 0.1) is 0 Å². The summed E-state index contributed by atoms with van der Waals surface area (Å²) in [5.74, 6) is 1.11. The number of nitrogens with zero attached hydrogens (tertiary/aromatic N) is 4. The predicted octanol–water partition coefficient (Wildman–Crippen LogP) is 2.22. The van der Waals surface area contributed by atoms with Gasteiger partial charge < -0.3 is 33.6 Å². The third-order valence-electron chi connectivity index (χ3n) is 4.71. The van der Waals surface area contributed by atoms with Crippen LogP contribution in [0.4, 0.5) is 5.82 Å². The standard InChI is InChI=1S/C19H24N5O6P/c1-26-15-4-2-14(3-5-15)8-28-16-9-29-31(25,30-10-16)13-27-7-6-24-12-23-17-18(20)21-11-22-19(17)24/h2-5,11-12,16H,6-10,13H2,1H3,(H2,20,21,22). The fourth-order valence-electron chi connectivity index (χ4n) is 2.99. The molecule has 1 aromatic carbocycles. The molecule has 1 aliphatic rings. The van der Waals surface area contributed by atoms with Crippen molar-refractivity contribution in [3.05, 3.63) is 42.5 Å². The first-order chi connectivity index (χ1) is 15.1. The van der Waals surface area contributed by atoms with E-state index in [0.29, 0.717) is 30.1 Å². The summed E-state index contributed by atoms with van der Waals surface area (Å²) < 4.78 is 41.7. The molecule has 0 spiro atoms. The van der Waals surface area contributed by atoms with E-state index in [1.54, 1.807) is 18.0 Å². The first-order valence-electron chi connectivity index (χ1n) is 9.68. The van der Waals surface area contributed by atoms with Crippen molar-refractivity contribution in [2.75, 3.05) is 39.0 Å². The zero-order valence-corrected chi connectivity index (χ0v) is 17.9. The van der Waals surface area contributed by atoms with Crippen LogP contribution in [0.15, 0.2) is 36.9 Å². The van der Waals surface area contributed by atoms with Crippen LogP contribution in [-0.4, -0.2) is 58.9 Å². The lowest BCUT2D eigenvalue weighted by Crippen LogP contribution is -2.30. The van der Waals surface area contributed by atoms with Crippen molar-refractivity contribution in [2.24, 2.45) is 0 Å². The first kappa shape index (κ1) is 21.7. The molecule has 0 amide bonds. The van der Waals surface area contributed by atoms with Crippen LogP contribution in [0.3, 0.4) is 0 Å². The van der Waals surface area contributed by atoms with Crippen molar-refractivity contribution in [1.29, 1.82) is 0 Å². The predicted molar refractivity (Wildman–Crippen MR) is 112 cm³/mol. The number of benzene rings is 1. The Bertz CT molecular complexity index is 1050. The number of fused-ring (bicyclic) bond motifs is 1. The van der Waals surface area contributed by atoms with E-state index in [1.165, 1.54) is 6.33 Å². The molecule has 0 aliphatic carbocycles. The van der Waals surface area contributed by atoms with Gasteiger partial charge in [0.05, 0.1) is 39.9 Å². The highest BCUT2D eigenvalue weighted by Crippen LogP contribution is 2.50. The van der Waals surface area contributed by atoms with Crippen LogP contribution in [0.5, 0.6) is 5.75 Å². The van der Waals surface area contributed by atoms with Crippen molar-refractivity contribution >= 4 is 24.6 Å². The van der Waals surface area contributed by atoms with Gasteiger partial charge in [0.15, 0.2) is 11.5 Å². The highest BCUT2D eigenvalue weighted by atomic mass is 31.2. The first-order valence-corrected chi connectivity index (χ1v) is 11.4. The average molecular weight is 449 g/mol. The fourth-order valence-corrected chi connectivity index (χ4v) is 4.35. The molecule has 3 heterocycles. The van der Waals surface area contributed by atoms with Crippen LogP contribution >= 0.6 is 7.60 Å². The smallest absolute Gasteiger partial charge is 0.356 e. The molecule has 0 atom stereocenters. The molecule has 166 valence electrons. The Morgan fingerprint density at radius 3 is 2.71 bits per heavy atom. The van der Waals surface area contributed by atoms with Gasteiger partial charge in [-0.05, 0) is 17.7 Å². The van der Waals surface area contributed by atoms with Crippen LogP contribution < -0.4 is 10.5 Å². The quantitative estimate of drug-likeness (QED) is 0.383. The zero-order valence-electron chi connectivity index (χ0n) is 17.0. The van der Waals surface area contributed by atoms with Crippen LogP contribution in [0.25, 0.3) is 11.2 Å². The number of rotatable bonds is 9. The lowest BCUT2D eigenvalue weighted by Gasteiger charge is -2.28.